The molecule has 0 aromatic heterocycles. The molecule has 0 aliphatic rings. The summed E-state index contributed by atoms with van der Waals surface area (Å²) >= 11 is 6.39. The Hall–Kier alpha value is -0.190. The van der Waals surface area contributed by atoms with Crippen molar-refractivity contribution in [2.75, 3.05) is 32.1 Å². The molecule has 0 aliphatic heterocycles. The number of anilines is 1. The summed E-state index contributed by atoms with van der Waals surface area (Å²) in [4.78, 5) is 0.114. The minimum atomic E-state index is -3.64. The third-order valence-corrected chi connectivity index (χ3v) is 5.62. The topological polar surface area (TPSA) is 102 Å². The Morgan fingerprint density at radius 2 is 1.85 bits per heavy atom. The SMILES string of the molecule is Nc1cc(Br)c(S(=O)(=O)NCCCOCCO)c(Br)c1. The highest BCUT2D eigenvalue weighted by Gasteiger charge is 2.21. The van der Waals surface area contributed by atoms with Crippen LogP contribution >= 0.6 is 31.9 Å². The number of rotatable bonds is 8. The maximum atomic E-state index is 12.2. The Balaban J connectivity index is 2.66. The molecule has 0 atom stereocenters. The smallest absolute Gasteiger partial charge is 0.242 e. The van der Waals surface area contributed by atoms with Gasteiger partial charge in [-0.3, -0.25) is 0 Å². The van der Waals surface area contributed by atoms with Crippen LogP contribution in [0.4, 0.5) is 5.69 Å². The van der Waals surface area contributed by atoms with Gasteiger partial charge in [-0.05, 0) is 50.4 Å². The molecular formula is C11H16Br2N2O4S. The van der Waals surface area contributed by atoms with Crippen LogP contribution in [0.5, 0.6) is 0 Å². The van der Waals surface area contributed by atoms with E-state index < -0.39 is 10.0 Å². The third-order valence-electron chi connectivity index (χ3n) is 2.28. The van der Waals surface area contributed by atoms with Crippen molar-refractivity contribution in [1.82, 2.24) is 4.72 Å². The Kier molecular flexibility index (Phi) is 7.41. The number of nitrogens with one attached hydrogen (secondary N) is 1. The van der Waals surface area contributed by atoms with Gasteiger partial charge in [-0.25, -0.2) is 13.1 Å². The van der Waals surface area contributed by atoms with Gasteiger partial charge in [0.15, 0.2) is 0 Å². The van der Waals surface area contributed by atoms with Crippen LogP contribution in [0, 0.1) is 0 Å². The van der Waals surface area contributed by atoms with E-state index in [1.807, 2.05) is 0 Å². The molecule has 4 N–H and O–H groups in total. The van der Waals surface area contributed by atoms with Gasteiger partial charge in [-0.1, -0.05) is 0 Å². The minimum Gasteiger partial charge on any atom is -0.399 e. The molecule has 1 aromatic rings. The molecule has 1 rings (SSSR count). The van der Waals surface area contributed by atoms with Crippen LogP contribution in [0.25, 0.3) is 0 Å². The first kappa shape index (κ1) is 17.9. The lowest BCUT2D eigenvalue weighted by atomic mass is 10.3. The first-order valence-electron chi connectivity index (χ1n) is 5.81. The fourth-order valence-corrected chi connectivity index (χ4v) is 5.14. The van der Waals surface area contributed by atoms with Crippen molar-refractivity contribution in [2.24, 2.45) is 0 Å². The van der Waals surface area contributed by atoms with Crippen LogP contribution in [0.15, 0.2) is 26.0 Å². The lowest BCUT2D eigenvalue weighted by Gasteiger charge is -2.11. The molecule has 6 nitrogen and oxygen atoms in total. The highest BCUT2D eigenvalue weighted by atomic mass is 79.9. The number of aliphatic hydroxyl groups excluding tert-OH is 1. The number of nitrogens with two attached hydrogens (primary N) is 1. The fourth-order valence-electron chi connectivity index (χ4n) is 1.46. The molecule has 0 unspecified atom stereocenters. The molecule has 0 amide bonds. The lowest BCUT2D eigenvalue weighted by Crippen LogP contribution is -2.26. The molecule has 0 fully saturated rings. The quantitative estimate of drug-likeness (QED) is 0.427. The summed E-state index contributed by atoms with van der Waals surface area (Å²) in [6.07, 6.45) is 0.517. The van der Waals surface area contributed by atoms with E-state index in [0.29, 0.717) is 27.7 Å². The number of aliphatic hydroxyl groups is 1. The molecule has 0 aliphatic carbocycles. The highest BCUT2D eigenvalue weighted by Crippen LogP contribution is 2.32. The zero-order valence-electron chi connectivity index (χ0n) is 10.6. The molecule has 0 saturated heterocycles. The second-order valence-electron chi connectivity index (χ2n) is 3.90. The Morgan fingerprint density at radius 1 is 1.25 bits per heavy atom. The van der Waals surface area contributed by atoms with E-state index in [2.05, 4.69) is 36.6 Å². The van der Waals surface area contributed by atoms with E-state index >= 15 is 0 Å². The van der Waals surface area contributed by atoms with Crippen molar-refractivity contribution >= 4 is 47.6 Å². The van der Waals surface area contributed by atoms with E-state index in [4.69, 9.17) is 15.6 Å². The van der Waals surface area contributed by atoms with Crippen LogP contribution in [-0.4, -0.2) is 39.9 Å². The van der Waals surface area contributed by atoms with E-state index in [9.17, 15) is 8.42 Å². The molecule has 9 heteroatoms. The number of benzene rings is 1. The zero-order chi connectivity index (χ0) is 15.2. The standard InChI is InChI=1S/C11H16Br2N2O4S/c12-9-6-8(14)7-10(13)11(9)20(17,18)15-2-1-4-19-5-3-16/h6-7,15-16H,1-5,14H2. The van der Waals surface area contributed by atoms with Crippen LogP contribution in [0.2, 0.25) is 0 Å². The summed E-state index contributed by atoms with van der Waals surface area (Å²) in [7, 11) is -3.64. The Bertz CT molecular complexity index is 528. The van der Waals surface area contributed by atoms with Crippen molar-refractivity contribution in [3.05, 3.63) is 21.1 Å². The minimum absolute atomic E-state index is 0.0446. The van der Waals surface area contributed by atoms with Gasteiger partial charge in [-0.15, -0.1) is 0 Å². The van der Waals surface area contributed by atoms with Gasteiger partial charge in [0.05, 0.1) is 13.2 Å². The molecule has 114 valence electrons. The summed E-state index contributed by atoms with van der Waals surface area (Å²) in [5, 5.41) is 8.53. The van der Waals surface area contributed by atoms with Gasteiger partial charge in [0.2, 0.25) is 10.0 Å². The van der Waals surface area contributed by atoms with Crippen molar-refractivity contribution in [3.63, 3.8) is 0 Å². The van der Waals surface area contributed by atoms with Crippen LogP contribution in [-0.2, 0) is 14.8 Å². The van der Waals surface area contributed by atoms with Gasteiger partial charge < -0.3 is 15.6 Å². The lowest BCUT2D eigenvalue weighted by molar-refractivity contribution is 0.0913. The summed E-state index contributed by atoms with van der Waals surface area (Å²) in [5.74, 6) is 0. The molecule has 1 aromatic carbocycles. The Labute approximate surface area is 135 Å². The third kappa shape index (κ3) is 5.30. The second-order valence-corrected chi connectivity index (χ2v) is 7.31. The van der Waals surface area contributed by atoms with Gasteiger partial charge in [0.25, 0.3) is 0 Å². The van der Waals surface area contributed by atoms with Crippen LogP contribution < -0.4 is 10.5 Å². The molecule has 0 spiro atoms. The first-order chi connectivity index (χ1) is 9.38. The van der Waals surface area contributed by atoms with Gasteiger partial charge in [0, 0.05) is 27.8 Å². The van der Waals surface area contributed by atoms with Crippen molar-refractivity contribution in [2.45, 2.75) is 11.3 Å². The summed E-state index contributed by atoms with van der Waals surface area (Å²) in [6, 6.07) is 3.06. The number of hydrogen-bond donors (Lipinski definition) is 3. The number of sulfonamides is 1. The second kappa shape index (κ2) is 8.30. The zero-order valence-corrected chi connectivity index (χ0v) is 14.6. The van der Waals surface area contributed by atoms with Crippen molar-refractivity contribution < 1.29 is 18.3 Å². The summed E-state index contributed by atoms with van der Waals surface area (Å²) in [6.45, 7) is 0.836. The van der Waals surface area contributed by atoms with Crippen molar-refractivity contribution in [3.8, 4) is 0 Å². The van der Waals surface area contributed by atoms with Gasteiger partial charge in [0.1, 0.15) is 4.90 Å². The largest absolute Gasteiger partial charge is 0.399 e. The fraction of sp³-hybridized carbons (Fsp3) is 0.455. The van der Waals surface area contributed by atoms with Crippen LogP contribution in [0.1, 0.15) is 6.42 Å². The summed E-state index contributed by atoms with van der Waals surface area (Å²) in [5.41, 5.74) is 6.09. The number of hydrogen-bond acceptors (Lipinski definition) is 5. The Morgan fingerprint density at radius 3 is 2.40 bits per heavy atom. The normalized spacial score (nSPS) is 11.8. The molecule has 0 radical (unpaired) electrons. The molecule has 0 saturated carbocycles. The number of nitrogen functional groups attached to an aromatic ring is 1. The number of halogens is 2. The number of ether oxygens (including phenoxy) is 1. The summed E-state index contributed by atoms with van der Waals surface area (Å²) < 4.78 is 32.7. The van der Waals surface area contributed by atoms with E-state index in [1.54, 1.807) is 0 Å². The predicted molar refractivity (Wildman–Crippen MR) is 84.0 cm³/mol. The maximum absolute atomic E-state index is 12.2. The maximum Gasteiger partial charge on any atom is 0.242 e. The monoisotopic (exact) mass is 430 g/mol. The molecular weight excluding hydrogens is 416 g/mol. The van der Waals surface area contributed by atoms with Gasteiger partial charge in [-0.2, -0.15) is 0 Å². The van der Waals surface area contributed by atoms with Crippen LogP contribution in [0.3, 0.4) is 0 Å². The first-order valence-corrected chi connectivity index (χ1v) is 8.88. The predicted octanol–water partition coefficient (Wildman–Crippen LogP) is 1.47. The van der Waals surface area contributed by atoms with Gasteiger partial charge >= 0.3 is 0 Å². The van der Waals surface area contributed by atoms with E-state index in [0.717, 1.165) is 0 Å². The average molecular weight is 432 g/mol. The van der Waals surface area contributed by atoms with Crippen molar-refractivity contribution in [1.29, 1.82) is 0 Å². The molecule has 0 heterocycles. The highest BCUT2D eigenvalue weighted by molar-refractivity contribution is 9.11. The van der Waals surface area contributed by atoms with E-state index in [-0.39, 0.29) is 24.7 Å². The molecule has 0 bridgehead atoms. The van der Waals surface area contributed by atoms with E-state index in [1.165, 1.54) is 12.1 Å². The average Bonchev–Trinajstić information content (AvgIpc) is 2.31. The molecule has 20 heavy (non-hydrogen) atoms.